The van der Waals surface area contributed by atoms with Crippen LogP contribution in [0.2, 0.25) is 0 Å². The molecule has 0 radical (unpaired) electrons. The Kier molecular flexibility index (Phi) is 4.65. The van der Waals surface area contributed by atoms with Gasteiger partial charge in [0.2, 0.25) is 0 Å². The van der Waals surface area contributed by atoms with Gasteiger partial charge in [-0.25, -0.2) is 4.39 Å². The highest BCUT2D eigenvalue weighted by Gasteiger charge is 2.31. The number of halogens is 4. The SMILES string of the molecule is OCC1CCCC1NCc1cc(F)cc(C(F)(F)F)c1. The highest BCUT2D eigenvalue weighted by atomic mass is 19.4. The molecule has 0 heterocycles. The molecule has 0 bridgehead atoms. The first-order chi connectivity index (χ1) is 9.40. The van der Waals surface area contributed by atoms with E-state index in [9.17, 15) is 22.7 Å². The first kappa shape index (κ1) is 15.3. The van der Waals surface area contributed by atoms with Gasteiger partial charge >= 0.3 is 6.18 Å². The first-order valence-corrected chi connectivity index (χ1v) is 6.61. The molecule has 1 fully saturated rings. The Balaban J connectivity index is 2.04. The maximum Gasteiger partial charge on any atom is 0.416 e. The number of hydrogen-bond acceptors (Lipinski definition) is 2. The number of aliphatic hydroxyl groups is 1. The molecule has 0 saturated heterocycles. The van der Waals surface area contributed by atoms with Crippen molar-refractivity contribution < 1.29 is 22.7 Å². The van der Waals surface area contributed by atoms with Crippen molar-refractivity contribution in [1.82, 2.24) is 5.32 Å². The van der Waals surface area contributed by atoms with Gasteiger partial charge in [0.1, 0.15) is 5.82 Å². The Morgan fingerprint density at radius 1 is 1.20 bits per heavy atom. The van der Waals surface area contributed by atoms with Crippen LogP contribution in [0, 0.1) is 11.7 Å². The van der Waals surface area contributed by atoms with Crippen molar-refractivity contribution in [2.24, 2.45) is 5.92 Å². The van der Waals surface area contributed by atoms with Crippen molar-refractivity contribution in [3.63, 3.8) is 0 Å². The van der Waals surface area contributed by atoms with Crippen LogP contribution in [0.3, 0.4) is 0 Å². The molecule has 1 aromatic rings. The topological polar surface area (TPSA) is 32.3 Å². The summed E-state index contributed by atoms with van der Waals surface area (Å²) in [5, 5.41) is 12.3. The minimum Gasteiger partial charge on any atom is -0.396 e. The van der Waals surface area contributed by atoms with E-state index in [2.05, 4.69) is 5.32 Å². The Bertz CT molecular complexity index is 461. The summed E-state index contributed by atoms with van der Waals surface area (Å²) >= 11 is 0. The monoisotopic (exact) mass is 291 g/mol. The zero-order valence-electron chi connectivity index (χ0n) is 10.9. The van der Waals surface area contributed by atoms with Crippen molar-refractivity contribution in [2.75, 3.05) is 6.61 Å². The van der Waals surface area contributed by atoms with E-state index in [4.69, 9.17) is 0 Å². The van der Waals surface area contributed by atoms with E-state index in [-0.39, 0.29) is 30.7 Å². The van der Waals surface area contributed by atoms with E-state index in [0.29, 0.717) is 6.07 Å². The highest BCUT2D eigenvalue weighted by molar-refractivity contribution is 5.26. The van der Waals surface area contributed by atoms with Gasteiger partial charge < -0.3 is 10.4 Å². The van der Waals surface area contributed by atoms with E-state index in [1.807, 2.05) is 0 Å². The number of aliphatic hydroxyl groups excluding tert-OH is 1. The fraction of sp³-hybridized carbons (Fsp3) is 0.571. The average molecular weight is 291 g/mol. The zero-order chi connectivity index (χ0) is 14.8. The number of hydrogen-bond donors (Lipinski definition) is 2. The van der Waals surface area contributed by atoms with Gasteiger partial charge in [0.05, 0.1) is 5.56 Å². The largest absolute Gasteiger partial charge is 0.416 e. The molecular weight excluding hydrogens is 274 g/mol. The molecule has 1 aliphatic carbocycles. The van der Waals surface area contributed by atoms with Crippen molar-refractivity contribution in [3.8, 4) is 0 Å². The summed E-state index contributed by atoms with van der Waals surface area (Å²) in [6, 6.07) is 2.64. The summed E-state index contributed by atoms with van der Waals surface area (Å²) in [5.41, 5.74) is -0.708. The molecule has 0 amide bonds. The van der Waals surface area contributed by atoms with Crippen LogP contribution in [-0.2, 0) is 12.7 Å². The molecule has 20 heavy (non-hydrogen) atoms. The Hall–Kier alpha value is -1.14. The smallest absolute Gasteiger partial charge is 0.396 e. The maximum absolute atomic E-state index is 13.2. The zero-order valence-corrected chi connectivity index (χ0v) is 10.9. The number of rotatable bonds is 4. The highest BCUT2D eigenvalue weighted by Crippen LogP contribution is 2.31. The van der Waals surface area contributed by atoms with Gasteiger partial charge in [-0.3, -0.25) is 0 Å². The Labute approximate surface area is 114 Å². The standard InChI is InChI=1S/C14H17F4NO/c15-12-5-9(4-11(6-12)14(16,17)18)7-19-13-3-1-2-10(13)8-20/h4-6,10,13,19-20H,1-3,7-8H2. The molecule has 0 spiro atoms. The lowest BCUT2D eigenvalue weighted by Crippen LogP contribution is -2.33. The quantitative estimate of drug-likeness (QED) is 0.836. The van der Waals surface area contributed by atoms with Crippen LogP contribution >= 0.6 is 0 Å². The second-order valence-corrected chi connectivity index (χ2v) is 5.21. The first-order valence-electron chi connectivity index (χ1n) is 6.61. The minimum absolute atomic E-state index is 0.0641. The van der Waals surface area contributed by atoms with Crippen molar-refractivity contribution in [1.29, 1.82) is 0 Å². The second-order valence-electron chi connectivity index (χ2n) is 5.21. The molecule has 112 valence electrons. The van der Waals surface area contributed by atoms with Gasteiger partial charge in [0.15, 0.2) is 0 Å². The van der Waals surface area contributed by atoms with Crippen molar-refractivity contribution >= 4 is 0 Å². The summed E-state index contributed by atoms with van der Waals surface area (Å²) in [5.74, 6) is -0.757. The van der Waals surface area contributed by atoms with Crippen molar-refractivity contribution in [2.45, 2.75) is 38.0 Å². The van der Waals surface area contributed by atoms with Gasteiger partial charge in [-0.1, -0.05) is 6.42 Å². The maximum atomic E-state index is 13.2. The molecule has 2 rings (SSSR count). The molecule has 2 atom stereocenters. The lowest BCUT2D eigenvalue weighted by atomic mass is 10.0. The lowest BCUT2D eigenvalue weighted by molar-refractivity contribution is -0.137. The number of alkyl halides is 3. The van der Waals surface area contributed by atoms with Crippen LogP contribution in [0.5, 0.6) is 0 Å². The van der Waals surface area contributed by atoms with E-state index < -0.39 is 17.6 Å². The predicted molar refractivity (Wildman–Crippen MR) is 66.5 cm³/mol. The molecule has 2 unspecified atom stereocenters. The van der Waals surface area contributed by atoms with Gasteiger partial charge in [-0.15, -0.1) is 0 Å². The fourth-order valence-electron chi connectivity index (χ4n) is 2.69. The third kappa shape index (κ3) is 3.70. The third-order valence-electron chi connectivity index (χ3n) is 3.75. The summed E-state index contributed by atoms with van der Waals surface area (Å²) in [7, 11) is 0. The van der Waals surface area contributed by atoms with Gasteiger partial charge in [-0.05, 0) is 42.5 Å². The Morgan fingerprint density at radius 3 is 2.60 bits per heavy atom. The summed E-state index contributed by atoms with van der Waals surface area (Å²) < 4.78 is 51.0. The normalized spacial score (nSPS) is 23.2. The van der Waals surface area contributed by atoms with Crippen molar-refractivity contribution in [3.05, 3.63) is 35.1 Å². The molecule has 2 nitrogen and oxygen atoms in total. The molecule has 2 N–H and O–H groups in total. The summed E-state index contributed by atoms with van der Waals surface area (Å²) in [6.07, 6.45) is -1.77. The molecule has 1 aromatic carbocycles. The van der Waals surface area contributed by atoms with Crippen LogP contribution in [0.4, 0.5) is 17.6 Å². The third-order valence-corrected chi connectivity index (χ3v) is 3.75. The van der Waals surface area contributed by atoms with Crippen LogP contribution in [0.15, 0.2) is 18.2 Å². The molecule has 0 aliphatic heterocycles. The average Bonchev–Trinajstić information content (AvgIpc) is 2.82. The van der Waals surface area contributed by atoms with Crippen LogP contribution in [-0.4, -0.2) is 17.8 Å². The van der Waals surface area contributed by atoms with E-state index >= 15 is 0 Å². The Morgan fingerprint density at radius 2 is 1.95 bits per heavy atom. The van der Waals surface area contributed by atoms with Gasteiger partial charge in [0.25, 0.3) is 0 Å². The minimum atomic E-state index is -4.54. The summed E-state index contributed by atoms with van der Waals surface area (Å²) in [4.78, 5) is 0. The molecule has 6 heteroatoms. The number of benzene rings is 1. The van der Waals surface area contributed by atoms with E-state index in [1.165, 1.54) is 0 Å². The summed E-state index contributed by atoms with van der Waals surface area (Å²) in [6.45, 7) is 0.233. The van der Waals surface area contributed by atoms with Crippen LogP contribution < -0.4 is 5.32 Å². The van der Waals surface area contributed by atoms with E-state index in [0.717, 1.165) is 31.4 Å². The fourth-order valence-corrected chi connectivity index (χ4v) is 2.69. The number of nitrogens with one attached hydrogen (secondary N) is 1. The second kappa shape index (κ2) is 6.10. The lowest BCUT2D eigenvalue weighted by Gasteiger charge is -2.19. The predicted octanol–water partition coefficient (Wildman–Crippen LogP) is 3.10. The van der Waals surface area contributed by atoms with Crippen LogP contribution in [0.25, 0.3) is 0 Å². The van der Waals surface area contributed by atoms with Gasteiger partial charge in [-0.2, -0.15) is 13.2 Å². The molecular formula is C14H17F4NO. The molecule has 1 saturated carbocycles. The van der Waals surface area contributed by atoms with Crippen LogP contribution in [0.1, 0.15) is 30.4 Å². The molecule has 1 aliphatic rings. The van der Waals surface area contributed by atoms with E-state index in [1.54, 1.807) is 0 Å². The molecule has 0 aromatic heterocycles. The van der Waals surface area contributed by atoms with Gasteiger partial charge in [0, 0.05) is 19.2 Å².